The number of hydrogen-bond donors (Lipinski definition) is 1. The normalized spacial score (nSPS) is 41.9. The Balaban J connectivity index is 1.25. The number of hydrogen-bond acceptors (Lipinski definition) is 3. The molecule has 7 aliphatic rings. The fourth-order valence-corrected chi connectivity index (χ4v) is 6.57. The molecule has 4 heteroatoms. The average Bonchev–Trinajstić information content (AvgIpc) is 2.97. The SMILES string of the molecule is O=C(OC1CC2CC34CCN2C(C1)(C3)C4)c1c[nH]c2ccccc12. The summed E-state index contributed by atoms with van der Waals surface area (Å²) < 4.78 is 5.99. The number of carbonyl (C=O) groups is 1. The summed E-state index contributed by atoms with van der Waals surface area (Å²) in [6.07, 6.45) is 9.36. The minimum absolute atomic E-state index is 0.0869. The van der Waals surface area contributed by atoms with Crippen molar-refractivity contribution in [3.8, 4) is 0 Å². The van der Waals surface area contributed by atoms with Crippen molar-refractivity contribution in [3.63, 3.8) is 0 Å². The molecule has 2 spiro atoms. The van der Waals surface area contributed by atoms with Crippen molar-refractivity contribution in [3.05, 3.63) is 36.0 Å². The van der Waals surface area contributed by atoms with E-state index < -0.39 is 0 Å². The summed E-state index contributed by atoms with van der Waals surface area (Å²) in [5.41, 5.74) is 2.69. The number of aromatic nitrogens is 1. The molecular formula is C20H22N2O2. The zero-order chi connectivity index (χ0) is 15.9. The number of piperidine rings is 6. The van der Waals surface area contributed by atoms with Crippen molar-refractivity contribution in [2.24, 2.45) is 5.41 Å². The third-order valence-corrected chi connectivity index (χ3v) is 7.24. The average molecular weight is 322 g/mol. The molecule has 1 N–H and O–H groups in total. The van der Waals surface area contributed by atoms with Crippen LogP contribution < -0.4 is 0 Å². The first-order valence-electron chi connectivity index (χ1n) is 9.20. The van der Waals surface area contributed by atoms with Crippen molar-refractivity contribution in [2.75, 3.05) is 6.54 Å². The van der Waals surface area contributed by atoms with Crippen LogP contribution in [0.4, 0.5) is 0 Å². The topological polar surface area (TPSA) is 45.3 Å². The van der Waals surface area contributed by atoms with Gasteiger partial charge < -0.3 is 9.72 Å². The van der Waals surface area contributed by atoms with Gasteiger partial charge in [0.25, 0.3) is 0 Å². The van der Waals surface area contributed by atoms with Crippen molar-refractivity contribution in [1.82, 2.24) is 9.88 Å². The van der Waals surface area contributed by atoms with E-state index in [2.05, 4.69) is 9.88 Å². The van der Waals surface area contributed by atoms with E-state index in [0.29, 0.717) is 22.6 Å². The van der Waals surface area contributed by atoms with Crippen molar-refractivity contribution < 1.29 is 9.53 Å². The van der Waals surface area contributed by atoms with Crippen molar-refractivity contribution >= 4 is 16.9 Å². The number of benzene rings is 1. The number of para-hydroxylation sites is 1. The number of rotatable bonds is 2. The molecule has 1 aromatic carbocycles. The molecule has 0 amide bonds. The van der Waals surface area contributed by atoms with Crippen LogP contribution in [0, 0.1) is 5.41 Å². The van der Waals surface area contributed by atoms with E-state index in [1.807, 2.05) is 24.3 Å². The zero-order valence-electron chi connectivity index (χ0n) is 13.8. The molecular weight excluding hydrogens is 300 g/mol. The molecule has 3 unspecified atom stereocenters. The monoisotopic (exact) mass is 322 g/mol. The highest BCUT2D eigenvalue weighted by atomic mass is 16.5. The lowest BCUT2D eigenvalue weighted by Gasteiger charge is -2.76. The summed E-state index contributed by atoms with van der Waals surface area (Å²) in [5.74, 6) is -0.164. The Morgan fingerprint density at radius 3 is 2.96 bits per heavy atom. The maximum atomic E-state index is 12.7. The Morgan fingerprint density at radius 2 is 2.12 bits per heavy atom. The Bertz CT molecular complexity index is 843. The highest BCUT2D eigenvalue weighted by Crippen LogP contribution is 2.69. The van der Waals surface area contributed by atoms with E-state index in [4.69, 9.17) is 4.74 Å². The molecule has 0 radical (unpaired) electrons. The van der Waals surface area contributed by atoms with Crippen molar-refractivity contribution in [1.29, 1.82) is 0 Å². The first kappa shape index (κ1) is 13.5. The summed E-state index contributed by atoms with van der Waals surface area (Å²) in [4.78, 5) is 18.7. The Hall–Kier alpha value is -1.81. The Labute approximate surface area is 141 Å². The molecule has 6 aliphatic heterocycles. The Kier molecular flexibility index (Phi) is 2.38. The molecule has 4 bridgehead atoms. The van der Waals surface area contributed by atoms with Gasteiger partial charge in [0.2, 0.25) is 0 Å². The second kappa shape index (κ2) is 4.23. The summed E-state index contributed by atoms with van der Waals surface area (Å²) in [5, 5.41) is 0.960. The van der Waals surface area contributed by atoms with Gasteiger partial charge >= 0.3 is 5.97 Å². The molecule has 7 fully saturated rings. The predicted octanol–water partition coefficient (Wildman–Crippen LogP) is 3.48. The highest BCUT2D eigenvalue weighted by molar-refractivity contribution is 6.04. The van der Waals surface area contributed by atoms with Gasteiger partial charge in [-0.25, -0.2) is 4.79 Å². The van der Waals surface area contributed by atoms with Gasteiger partial charge in [-0.15, -0.1) is 0 Å². The van der Waals surface area contributed by atoms with E-state index >= 15 is 0 Å². The lowest BCUT2D eigenvalue weighted by Crippen LogP contribution is -2.78. The van der Waals surface area contributed by atoms with Crippen LogP contribution in [0.25, 0.3) is 10.9 Å². The number of aromatic amines is 1. The third-order valence-electron chi connectivity index (χ3n) is 7.24. The predicted molar refractivity (Wildman–Crippen MR) is 90.9 cm³/mol. The van der Waals surface area contributed by atoms with Gasteiger partial charge in [-0.05, 0) is 43.7 Å². The number of fused-ring (bicyclic) bond motifs is 1. The number of nitrogens with one attached hydrogen (secondary N) is 1. The minimum atomic E-state index is -0.164. The van der Waals surface area contributed by atoms with E-state index in [1.54, 1.807) is 6.20 Å². The lowest BCUT2D eigenvalue weighted by atomic mass is 9.43. The van der Waals surface area contributed by atoms with Crippen LogP contribution in [0.3, 0.4) is 0 Å². The molecule has 124 valence electrons. The second-order valence-corrected chi connectivity index (χ2v) is 8.59. The molecule has 4 nitrogen and oxygen atoms in total. The van der Waals surface area contributed by atoms with Crippen LogP contribution in [0.5, 0.6) is 0 Å². The van der Waals surface area contributed by atoms with Gasteiger partial charge in [-0.1, -0.05) is 18.2 Å². The number of esters is 1. The molecule has 1 saturated carbocycles. The van der Waals surface area contributed by atoms with Gasteiger partial charge in [0.05, 0.1) is 5.56 Å². The van der Waals surface area contributed by atoms with Crippen LogP contribution in [-0.2, 0) is 4.74 Å². The molecule has 2 aromatic rings. The Morgan fingerprint density at radius 1 is 1.25 bits per heavy atom. The second-order valence-electron chi connectivity index (χ2n) is 8.59. The molecule has 1 aliphatic carbocycles. The van der Waals surface area contributed by atoms with Gasteiger partial charge in [0.15, 0.2) is 0 Å². The van der Waals surface area contributed by atoms with Crippen LogP contribution in [0.15, 0.2) is 30.5 Å². The number of nitrogens with zero attached hydrogens (tertiary/aromatic N) is 1. The van der Waals surface area contributed by atoms with Gasteiger partial charge in [0, 0.05) is 41.5 Å². The first-order chi connectivity index (χ1) is 11.7. The summed E-state index contributed by atoms with van der Waals surface area (Å²) in [6, 6.07) is 8.57. The van der Waals surface area contributed by atoms with Crippen LogP contribution in [0.1, 0.15) is 48.9 Å². The van der Waals surface area contributed by atoms with E-state index in [9.17, 15) is 4.79 Å². The molecule has 24 heavy (non-hydrogen) atoms. The van der Waals surface area contributed by atoms with Crippen LogP contribution in [0.2, 0.25) is 0 Å². The molecule has 9 rings (SSSR count). The van der Waals surface area contributed by atoms with E-state index in [0.717, 1.165) is 23.7 Å². The fraction of sp³-hybridized carbons (Fsp3) is 0.550. The van der Waals surface area contributed by atoms with Gasteiger partial charge in [-0.2, -0.15) is 0 Å². The maximum Gasteiger partial charge on any atom is 0.340 e. The quantitative estimate of drug-likeness (QED) is 0.861. The lowest BCUT2D eigenvalue weighted by molar-refractivity contribution is -0.256. The number of H-pyrrole nitrogens is 1. The van der Waals surface area contributed by atoms with Gasteiger partial charge in [-0.3, -0.25) is 4.90 Å². The highest BCUT2D eigenvalue weighted by Gasteiger charge is 2.69. The number of carbonyl (C=O) groups excluding carboxylic acids is 1. The standard InChI is InChI=1S/C20H22N2O2/c23-18(16-10-21-17-4-2-1-3-15(16)17)24-14-7-13-8-19-5-6-22(13)20(9-14,11-19)12-19/h1-4,10,13-14,21H,5-9,11-12H2. The van der Waals surface area contributed by atoms with E-state index in [-0.39, 0.29) is 12.1 Å². The smallest absolute Gasteiger partial charge is 0.340 e. The largest absolute Gasteiger partial charge is 0.459 e. The molecule has 3 atom stereocenters. The number of ether oxygens (including phenoxy) is 1. The molecule has 7 heterocycles. The summed E-state index contributed by atoms with van der Waals surface area (Å²) in [6.45, 7) is 1.27. The van der Waals surface area contributed by atoms with Crippen LogP contribution in [-0.4, -0.2) is 40.1 Å². The van der Waals surface area contributed by atoms with Crippen LogP contribution >= 0.6 is 0 Å². The van der Waals surface area contributed by atoms with Gasteiger partial charge in [0.1, 0.15) is 6.10 Å². The first-order valence-corrected chi connectivity index (χ1v) is 9.20. The molecule has 6 saturated heterocycles. The fourth-order valence-electron chi connectivity index (χ4n) is 6.57. The zero-order valence-corrected chi connectivity index (χ0v) is 13.8. The summed E-state index contributed by atoms with van der Waals surface area (Å²) in [7, 11) is 0. The van der Waals surface area contributed by atoms with E-state index in [1.165, 1.54) is 32.2 Å². The maximum absolute atomic E-state index is 12.7. The molecule has 1 aromatic heterocycles. The third kappa shape index (κ3) is 1.60. The van der Waals surface area contributed by atoms with Crippen molar-refractivity contribution in [2.45, 2.75) is 56.2 Å². The summed E-state index contributed by atoms with van der Waals surface area (Å²) >= 11 is 0. The minimum Gasteiger partial charge on any atom is -0.459 e.